The molecule has 102 valence electrons. The lowest BCUT2D eigenvalue weighted by atomic mass is 9.85. The Kier molecular flexibility index (Phi) is 9.72. The quantitative estimate of drug-likeness (QED) is 0.753. The molecule has 0 rings (SSSR count). The second kappa shape index (κ2) is 9.02. The summed E-state index contributed by atoms with van der Waals surface area (Å²) in [5, 5.41) is 17.0. The van der Waals surface area contributed by atoms with Crippen LogP contribution in [0.1, 0.15) is 60.3 Å². The number of hydrogen-bond donors (Lipinski definition) is 2. The van der Waals surface area contributed by atoms with Crippen molar-refractivity contribution in [2.24, 2.45) is 11.3 Å². The summed E-state index contributed by atoms with van der Waals surface area (Å²) >= 11 is 0. The first kappa shape index (κ1) is 18.3. The molecule has 0 aliphatic heterocycles. The minimum absolute atomic E-state index is 0.130. The summed E-state index contributed by atoms with van der Waals surface area (Å²) in [6.07, 6.45) is 2.90. The van der Waals surface area contributed by atoms with Gasteiger partial charge in [0, 0.05) is 0 Å². The van der Waals surface area contributed by atoms with Gasteiger partial charge >= 0.3 is 11.9 Å². The van der Waals surface area contributed by atoms with E-state index in [0.717, 1.165) is 12.8 Å². The second-order valence-electron chi connectivity index (χ2n) is 4.42. The topological polar surface area (TPSA) is 74.6 Å². The van der Waals surface area contributed by atoms with Gasteiger partial charge in [0.2, 0.25) is 0 Å². The first-order valence-electron chi connectivity index (χ1n) is 6.25. The average molecular weight is 246 g/mol. The molecule has 4 nitrogen and oxygen atoms in total. The molecule has 0 spiro atoms. The average Bonchev–Trinajstić information content (AvgIpc) is 2.29. The largest absolute Gasteiger partial charge is 0.481 e. The Hall–Kier alpha value is -1.06. The molecule has 0 atom stereocenters. The Labute approximate surface area is 104 Å². The molecule has 0 aromatic rings. The molecule has 0 aliphatic rings. The van der Waals surface area contributed by atoms with Crippen molar-refractivity contribution < 1.29 is 19.8 Å². The number of carboxylic acid groups (broad SMARTS) is 2. The molecule has 0 amide bonds. The molecule has 0 unspecified atom stereocenters. The van der Waals surface area contributed by atoms with Crippen LogP contribution in [-0.4, -0.2) is 22.2 Å². The Bertz CT molecular complexity index is 228. The van der Waals surface area contributed by atoms with Crippen LogP contribution >= 0.6 is 0 Å². The lowest BCUT2D eigenvalue weighted by Crippen LogP contribution is -2.25. The molecule has 0 bridgehead atoms. The van der Waals surface area contributed by atoms with E-state index in [1.54, 1.807) is 6.92 Å². The summed E-state index contributed by atoms with van der Waals surface area (Å²) < 4.78 is 0. The van der Waals surface area contributed by atoms with Crippen molar-refractivity contribution in [2.45, 2.75) is 60.3 Å². The minimum atomic E-state index is -0.687. The fraction of sp³-hybridized carbons (Fsp3) is 0.846. The molecule has 0 saturated heterocycles. The molecular weight excluding hydrogens is 220 g/mol. The first-order chi connectivity index (χ1) is 7.78. The third-order valence-corrected chi connectivity index (χ3v) is 3.41. The first-order valence-corrected chi connectivity index (χ1v) is 6.25. The highest BCUT2D eigenvalue weighted by molar-refractivity contribution is 5.73. The lowest BCUT2D eigenvalue weighted by molar-refractivity contribution is -0.148. The van der Waals surface area contributed by atoms with Crippen LogP contribution in [0.3, 0.4) is 0 Å². The van der Waals surface area contributed by atoms with Gasteiger partial charge in [-0.15, -0.1) is 0 Å². The molecule has 4 heteroatoms. The predicted molar refractivity (Wildman–Crippen MR) is 68.0 cm³/mol. The standard InChI is InChI=1S/C7H14O2.C6H12O2/c1-4-7(3,5-2)6(8)9;1-3-5(4-2)6(7)8/h4-5H2,1-3H3,(H,8,9);5H,3-4H2,1-2H3,(H,7,8). The highest BCUT2D eigenvalue weighted by Crippen LogP contribution is 2.24. The van der Waals surface area contributed by atoms with Crippen molar-refractivity contribution >= 4 is 11.9 Å². The number of hydrogen-bond acceptors (Lipinski definition) is 2. The Morgan fingerprint density at radius 1 is 1.00 bits per heavy atom. The van der Waals surface area contributed by atoms with Crippen molar-refractivity contribution in [1.82, 2.24) is 0 Å². The Morgan fingerprint density at radius 3 is 1.35 bits per heavy atom. The molecular formula is C13H26O4. The summed E-state index contributed by atoms with van der Waals surface area (Å²) in [6.45, 7) is 9.36. The number of carbonyl (C=O) groups is 2. The monoisotopic (exact) mass is 246 g/mol. The highest BCUT2D eigenvalue weighted by Gasteiger charge is 2.28. The van der Waals surface area contributed by atoms with Gasteiger partial charge in [0.25, 0.3) is 0 Å². The third kappa shape index (κ3) is 6.97. The van der Waals surface area contributed by atoms with Crippen LogP contribution in [0.25, 0.3) is 0 Å². The molecule has 0 saturated carbocycles. The number of rotatable bonds is 6. The summed E-state index contributed by atoms with van der Waals surface area (Å²) in [4.78, 5) is 20.6. The molecule has 2 N–H and O–H groups in total. The SMILES string of the molecule is CCC(C)(CC)C(=O)O.CCC(CC)C(=O)O. The van der Waals surface area contributed by atoms with Gasteiger partial charge in [0.1, 0.15) is 0 Å². The summed E-state index contributed by atoms with van der Waals surface area (Å²) in [5.41, 5.74) is -0.500. The molecule has 0 radical (unpaired) electrons. The molecule has 0 fully saturated rings. The van der Waals surface area contributed by atoms with Crippen LogP contribution in [0.2, 0.25) is 0 Å². The van der Waals surface area contributed by atoms with Gasteiger partial charge in [0.05, 0.1) is 11.3 Å². The van der Waals surface area contributed by atoms with E-state index in [9.17, 15) is 9.59 Å². The van der Waals surface area contributed by atoms with Crippen molar-refractivity contribution in [3.05, 3.63) is 0 Å². The maximum absolute atomic E-state index is 10.5. The van der Waals surface area contributed by atoms with E-state index in [4.69, 9.17) is 10.2 Å². The van der Waals surface area contributed by atoms with E-state index in [0.29, 0.717) is 12.8 Å². The van der Waals surface area contributed by atoms with Crippen molar-refractivity contribution in [1.29, 1.82) is 0 Å². The predicted octanol–water partition coefficient (Wildman–Crippen LogP) is 3.40. The molecule has 0 aromatic heterocycles. The normalized spacial score (nSPS) is 10.7. The second-order valence-corrected chi connectivity index (χ2v) is 4.42. The maximum atomic E-state index is 10.5. The van der Waals surface area contributed by atoms with E-state index in [-0.39, 0.29) is 5.92 Å². The van der Waals surface area contributed by atoms with Crippen molar-refractivity contribution in [3.8, 4) is 0 Å². The van der Waals surface area contributed by atoms with Gasteiger partial charge in [-0.2, -0.15) is 0 Å². The smallest absolute Gasteiger partial charge is 0.309 e. The summed E-state index contributed by atoms with van der Waals surface area (Å²) in [6, 6.07) is 0. The minimum Gasteiger partial charge on any atom is -0.481 e. The summed E-state index contributed by atoms with van der Waals surface area (Å²) in [7, 11) is 0. The molecule has 17 heavy (non-hydrogen) atoms. The van der Waals surface area contributed by atoms with E-state index < -0.39 is 17.4 Å². The highest BCUT2D eigenvalue weighted by atomic mass is 16.4. The van der Waals surface area contributed by atoms with Gasteiger partial charge < -0.3 is 10.2 Å². The lowest BCUT2D eigenvalue weighted by Gasteiger charge is -2.19. The Morgan fingerprint density at radius 2 is 1.35 bits per heavy atom. The van der Waals surface area contributed by atoms with Crippen LogP contribution in [0.15, 0.2) is 0 Å². The van der Waals surface area contributed by atoms with Gasteiger partial charge in [0.15, 0.2) is 0 Å². The van der Waals surface area contributed by atoms with Crippen LogP contribution in [0, 0.1) is 11.3 Å². The molecule has 0 heterocycles. The number of aliphatic carboxylic acids is 2. The van der Waals surface area contributed by atoms with Gasteiger partial charge in [-0.05, 0) is 32.6 Å². The van der Waals surface area contributed by atoms with Crippen molar-refractivity contribution in [2.75, 3.05) is 0 Å². The van der Waals surface area contributed by atoms with Crippen LogP contribution < -0.4 is 0 Å². The van der Waals surface area contributed by atoms with Gasteiger partial charge in [-0.1, -0.05) is 27.7 Å². The van der Waals surface area contributed by atoms with E-state index >= 15 is 0 Å². The summed E-state index contributed by atoms with van der Waals surface area (Å²) in [5.74, 6) is -1.49. The number of carboxylic acids is 2. The van der Waals surface area contributed by atoms with Crippen LogP contribution in [0.5, 0.6) is 0 Å². The fourth-order valence-electron chi connectivity index (χ4n) is 1.19. The van der Waals surface area contributed by atoms with Gasteiger partial charge in [-0.25, -0.2) is 0 Å². The zero-order valence-electron chi connectivity index (χ0n) is 11.6. The van der Waals surface area contributed by atoms with E-state index in [1.165, 1.54) is 0 Å². The Balaban J connectivity index is 0. The zero-order chi connectivity index (χ0) is 14.1. The van der Waals surface area contributed by atoms with E-state index in [2.05, 4.69) is 0 Å². The van der Waals surface area contributed by atoms with Crippen LogP contribution in [-0.2, 0) is 9.59 Å². The molecule has 0 aromatic carbocycles. The van der Waals surface area contributed by atoms with E-state index in [1.807, 2.05) is 27.7 Å². The molecule has 0 aliphatic carbocycles. The zero-order valence-corrected chi connectivity index (χ0v) is 11.6. The van der Waals surface area contributed by atoms with Crippen molar-refractivity contribution in [3.63, 3.8) is 0 Å². The fourth-order valence-corrected chi connectivity index (χ4v) is 1.19. The van der Waals surface area contributed by atoms with Crippen LogP contribution in [0.4, 0.5) is 0 Å². The third-order valence-electron chi connectivity index (χ3n) is 3.41. The maximum Gasteiger partial charge on any atom is 0.309 e. The van der Waals surface area contributed by atoms with Gasteiger partial charge in [-0.3, -0.25) is 9.59 Å².